The lowest BCUT2D eigenvalue weighted by atomic mass is 10.2. The Labute approximate surface area is 268 Å². The number of ether oxygens (including phenoxy) is 5. The molecule has 9 nitrogen and oxygen atoms in total. The molecule has 0 aliphatic rings. The Morgan fingerprint density at radius 3 is 1.70 bits per heavy atom. The predicted octanol–water partition coefficient (Wildman–Crippen LogP) is 6.99. The minimum absolute atomic E-state index is 0.294. The van der Waals surface area contributed by atoms with Crippen molar-refractivity contribution in [3.63, 3.8) is 0 Å². The number of hydrogen-bond donors (Lipinski definition) is 0. The summed E-state index contributed by atoms with van der Waals surface area (Å²) in [6.45, 7) is 9.42. The summed E-state index contributed by atoms with van der Waals surface area (Å²) < 4.78 is 26.5. The molecule has 3 aromatic carbocycles. The van der Waals surface area contributed by atoms with E-state index in [9.17, 15) is 19.2 Å². The highest BCUT2D eigenvalue weighted by Crippen LogP contribution is 2.24. The second-order valence-corrected chi connectivity index (χ2v) is 9.83. The Bertz CT molecular complexity index is 1570. The zero-order chi connectivity index (χ0) is 33.1. The Balaban J connectivity index is 1.39. The molecular weight excluding hydrogens is 588 g/mol. The van der Waals surface area contributed by atoms with Crippen molar-refractivity contribution >= 4 is 36.0 Å². The maximum absolute atomic E-state index is 12.4. The zero-order valence-corrected chi connectivity index (χ0v) is 25.6. The molecule has 0 bridgehead atoms. The van der Waals surface area contributed by atoms with Gasteiger partial charge in [0.05, 0.1) is 13.2 Å². The van der Waals surface area contributed by atoms with Gasteiger partial charge in [-0.3, -0.25) is 0 Å². The van der Waals surface area contributed by atoms with Crippen LogP contribution in [0.3, 0.4) is 0 Å². The van der Waals surface area contributed by atoms with Gasteiger partial charge >= 0.3 is 23.9 Å². The largest absolute Gasteiger partial charge is 0.494 e. The molecule has 0 heterocycles. The first kappa shape index (κ1) is 34.8. The van der Waals surface area contributed by atoms with Crippen LogP contribution in [0.2, 0.25) is 0 Å². The number of carbonyl (C=O) groups excluding carboxylic acids is 4. The quantitative estimate of drug-likeness (QED) is 0.0678. The van der Waals surface area contributed by atoms with Crippen LogP contribution in [0.25, 0.3) is 12.2 Å². The van der Waals surface area contributed by atoms with Gasteiger partial charge in [0.1, 0.15) is 23.0 Å². The van der Waals surface area contributed by atoms with Gasteiger partial charge in [0.25, 0.3) is 0 Å². The smallest absolute Gasteiger partial charge is 0.336 e. The second-order valence-electron chi connectivity index (χ2n) is 9.83. The maximum atomic E-state index is 12.4. The van der Waals surface area contributed by atoms with E-state index in [1.54, 1.807) is 55.5 Å². The Morgan fingerprint density at radius 1 is 0.587 bits per heavy atom. The van der Waals surface area contributed by atoms with E-state index in [4.69, 9.17) is 23.7 Å². The molecule has 0 radical (unpaired) electrons. The van der Waals surface area contributed by atoms with Crippen molar-refractivity contribution < 1.29 is 42.9 Å². The van der Waals surface area contributed by atoms with Crippen molar-refractivity contribution in [1.29, 1.82) is 0 Å². The molecule has 0 fully saturated rings. The minimum Gasteiger partial charge on any atom is -0.494 e. The number of hydrogen-bond acceptors (Lipinski definition) is 9. The first-order valence-electron chi connectivity index (χ1n) is 14.6. The number of esters is 4. The van der Waals surface area contributed by atoms with Crippen LogP contribution in [0, 0.1) is 6.92 Å². The van der Waals surface area contributed by atoms with Gasteiger partial charge in [-0.25, -0.2) is 19.2 Å². The molecule has 238 valence electrons. The summed E-state index contributed by atoms with van der Waals surface area (Å²) >= 11 is 0. The van der Waals surface area contributed by atoms with Crippen LogP contribution < -0.4 is 18.9 Å². The first-order valence-corrected chi connectivity index (χ1v) is 14.6. The van der Waals surface area contributed by atoms with E-state index in [1.807, 2.05) is 24.3 Å². The predicted molar refractivity (Wildman–Crippen MR) is 174 cm³/mol. The minimum atomic E-state index is -0.591. The van der Waals surface area contributed by atoms with Gasteiger partial charge in [-0.15, -0.1) is 0 Å². The fourth-order valence-electron chi connectivity index (χ4n) is 3.88. The van der Waals surface area contributed by atoms with Crippen LogP contribution in [0.1, 0.15) is 42.4 Å². The van der Waals surface area contributed by atoms with Crippen LogP contribution in [0.15, 0.2) is 104 Å². The monoisotopic (exact) mass is 624 g/mol. The summed E-state index contributed by atoms with van der Waals surface area (Å²) in [6, 6.07) is 18.6. The average Bonchev–Trinajstić information content (AvgIpc) is 3.06. The Hall–Kier alpha value is -5.70. The van der Waals surface area contributed by atoms with E-state index in [-0.39, 0.29) is 0 Å². The van der Waals surface area contributed by atoms with Crippen molar-refractivity contribution in [2.24, 2.45) is 0 Å². The van der Waals surface area contributed by atoms with Gasteiger partial charge in [0.15, 0.2) is 0 Å². The number of rotatable bonds is 17. The molecule has 3 rings (SSSR count). The van der Waals surface area contributed by atoms with Crippen LogP contribution >= 0.6 is 0 Å². The highest BCUT2D eigenvalue weighted by atomic mass is 16.5. The van der Waals surface area contributed by atoms with E-state index >= 15 is 0 Å². The van der Waals surface area contributed by atoms with E-state index in [0.717, 1.165) is 49.1 Å². The Morgan fingerprint density at radius 2 is 1.11 bits per heavy atom. The van der Waals surface area contributed by atoms with Crippen molar-refractivity contribution in [1.82, 2.24) is 0 Å². The summed E-state index contributed by atoms with van der Waals surface area (Å²) in [5.74, 6) is -0.383. The van der Waals surface area contributed by atoms with Crippen molar-refractivity contribution in [2.45, 2.75) is 32.6 Å². The molecule has 0 aliphatic heterocycles. The standard InChI is InChI=1S/C37H36O9/c1-4-34(38)43-25-9-7-6-8-24-42-30-16-10-28(11-17-30)15-23-37(41)46-33-21-20-32(26-27(33)3)45-36(40)22-14-29-12-18-31(19-13-29)44-35(39)5-2/h4-5,10-23,26H,1-2,6-9,24-25H2,3H3/b22-14+,23-15+. The molecule has 0 aliphatic carbocycles. The summed E-state index contributed by atoms with van der Waals surface area (Å²) in [6.07, 6.45) is 11.6. The second kappa shape index (κ2) is 18.9. The number of benzene rings is 3. The summed E-state index contributed by atoms with van der Waals surface area (Å²) in [5, 5.41) is 0. The summed E-state index contributed by atoms with van der Waals surface area (Å²) in [7, 11) is 0. The van der Waals surface area contributed by atoms with Crippen LogP contribution in [0.5, 0.6) is 23.0 Å². The molecule has 0 atom stereocenters. The highest BCUT2D eigenvalue weighted by molar-refractivity contribution is 5.90. The lowest BCUT2D eigenvalue weighted by Gasteiger charge is -2.08. The van der Waals surface area contributed by atoms with Gasteiger partial charge in [-0.05, 0) is 104 Å². The fraction of sp³-hybridized carbons (Fsp3) is 0.189. The molecular formula is C37H36O9. The van der Waals surface area contributed by atoms with Gasteiger partial charge in [0.2, 0.25) is 0 Å². The lowest BCUT2D eigenvalue weighted by Crippen LogP contribution is -2.06. The van der Waals surface area contributed by atoms with Crippen LogP contribution in [0.4, 0.5) is 0 Å². The third kappa shape index (κ3) is 12.9. The van der Waals surface area contributed by atoms with Gasteiger partial charge in [-0.1, -0.05) is 37.4 Å². The molecule has 0 amide bonds. The van der Waals surface area contributed by atoms with Gasteiger partial charge < -0.3 is 23.7 Å². The van der Waals surface area contributed by atoms with Crippen LogP contribution in [-0.2, 0) is 23.9 Å². The van der Waals surface area contributed by atoms with Gasteiger partial charge in [-0.2, -0.15) is 0 Å². The Kier molecular flexibility index (Phi) is 14.3. The number of carbonyl (C=O) groups is 4. The van der Waals surface area contributed by atoms with E-state index in [0.29, 0.717) is 41.6 Å². The van der Waals surface area contributed by atoms with E-state index in [1.165, 1.54) is 18.2 Å². The summed E-state index contributed by atoms with van der Waals surface area (Å²) in [4.78, 5) is 46.9. The lowest BCUT2D eigenvalue weighted by molar-refractivity contribution is -0.138. The maximum Gasteiger partial charge on any atom is 0.336 e. The van der Waals surface area contributed by atoms with E-state index < -0.39 is 23.9 Å². The zero-order valence-electron chi connectivity index (χ0n) is 25.6. The van der Waals surface area contributed by atoms with E-state index in [2.05, 4.69) is 13.2 Å². The SMILES string of the molecule is C=CC(=O)OCCCCCCOc1ccc(/C=C/C(=O)Oc2ccc(OC(=O)/C=C/c3ccc(OC(=O)C=C)cc3)cc2C)cc1. The third-order valence-electron chi connectivity index (χ3n) is 6.26. The highest BCUT2D eigenvalue weighted by Gasteiger charge is 2.08. The molecule has 0 unspecified atom stereocenters. The fourth-order valence-corrected chi connectivity index (χ4v) is 3.88. The molecule has 0 spiro atoms. The van der Waals surface area contributed by atoms with Crippen molar-refractivity contribution in [3.05, 3.63) is 121 Å². The molecule has 0 saturated carbocycles. The van der Waals surface area contributed by atoms with Gasteiger partial charge in [0, 0.05) is 24.3 Å². The molecule has 0 saturated heterocycles. The average molecular weight is 625 g/mol. The molecule has 46 heavy (non-hydrogen) atoms. The number of aryl methyl sites for hydroxylation is 1. The van der Waals surface area contributed by atoms with Crippen molar-refractivity contribution in [2.75, 3.05) is 13.2 Å². The third-order valence-corrected chi connectivity index (χ3v) is 6.26. The normalized spacial score (nSPS) is 10.7. The molecule has 0 aromatic heterocycles. The molecule has 0 N–H and O–H groups in total. The first-order chi connectivity index (χ1) is 22.2. The number of unbranched alkanes of at least 4 members (excludes halogenated alkanes) is 3. The topological polar surface area (TPSA) is 114 Å². The summed E-state index contributed by atoms with van der Waals surface area (Å²) in [5.41, 5.74) is 2.12. The molecule has 9 heteroatoms. The van der Waals surface area contributed by atoms with Crippen molar-refractivity contribution in [3.8, 4) is 23.0 Å². The van der Waals surface area contributed by atoms with Crippen LogP contribution in [-0.4, -0.2) is 37.1 Å². The molecule has 3 aromatic rings.